The Morgan fingerprint density at radius 3 is 1.63 bits per heavy atom. The van der Waals surface area contributed by atoms with Crippen LogP contribution < -0.4 is 0 Å². The second-order valence-electron chi connectivity index (χ2n) is 14.9. The first-order valence-electron chi connectivity index (χ1n) is 19.9. The van der Waals surface area contributed by atoms with Gasteiger partial charge in [0.2, 0.25) is 0 Å². The molecule has 4 nitrogen and oxygen atoms in total. The predicted octanol–water partition coefficient (Wildman–Crippen LogP) is 14.1. The SMILES string of the molecule is Cc1cc(-c2ccccc2)cc(-n2c(-c3ccccc3O)nc3c(-c4cc(-c5ccccc5)cc(-c5cc(-c6ccc(-c7ccccc7)cc6)ccn5)c4)cccc32)c1. The third-order valence-electron chi connectivity index (χ3n) is 11.0. The Hall–Kier alpha value is -7.82. The van der Waals surface area contributed by atoms with E-state index in [4.69, 9.17) is 9.97 Å². The Kier molecular flexibility index (Phi) is 9.20. The van der Waals surface area contributed by atoms with Gasteiger partial charge in [-0.05, 0) is 123 Å². The molecule has 59 heavy (non-hydrogen) atoms. The van der Waals surface area contributed by atoms with E-state index in [2.05, 4.69) is 175 Å². The molecular weight excluding hydrogens is 719 g/mol. The van der Waals surface area contributed by atoms with Gasteiger partial charge in [0.05, 0.1) is 22.3 Å². The van der Waals surface area contributed by atoms with Crippen LogP contribution in [0.1, 0.15) is 5.56 Å². The molecule has 0 aliphatic heterocycles. The maximum Gasteiger partial charge on any atom is 0.149 e. The Morgan fingerprint density at radius 2 is 0.949 bits per heavy atom. The molecular formula is C55H39N3O. The van der Waals surface area contributed by atoms with Crippen LogP contribution in [0.15, 0.2) is 212 Å². The minimum atomic E-state index is 0.176. The fraction of sp³-hybridized carbons (Fsp3) is 0.0182. The van der Waals surface area contributed by atoms with E-state index in [1.165, 1.54) is 11.1 Å². The van der Waals surface area contributed by atoms with Crippen LogP contribution in [0, 0.1) is 6.92 Å². The first kappa shape index (κ1) is 35.6. The number of hydrogen-bond donors (Lipinski definition) is 1. The van der Waals surface area contributed by atoms with Crippen molar-refractivity contribution in [2.45, 2.75) is 6.92 Å². The molecule has 0 atom stereocenters. The molecule has 0 spiro atoms. The van der Waals surface area contributed by atoms with Gasteiger partial charge in [-0.1, -0.05) is 146 Å². The summed E-state index contributed by atoms with van der Waals surface area (Å²) in [6.45, 7) is 2.12. The van der Waals surface area contributed by atoms with E-state index in [0.29, 0.717) is 11.4 Å². The molecule has 0 saturated heterocycles. The van der Waals surface area contributed by atoms with E-state index >= 15 is 0 Å². The van der Waals surface area contributed by atoms with Crippen LogP contribution in [0.5, 0.6) is 5.75 Å². The third-order valence-corrected chi connectivity index (χ3v) is 11.0. The van der Waals surface area contributed by atoms with Crippen molar-refractivity contribution in [3.63, 3.8) is 0 Å². The second kappa shape index (κ2) is 15.3. The molecule has 0 aliphatic carbocycles. The lowest BCUT2D eigenvalue weighted by atomic mass is 9.93. The highest BCUT2D eigenvalue weighted by Crippen LogP contribution is 2.40. The van der Waals surface area contributed by atoms with Crippen LogP contribution in [0.4, 0.5) is 0 Å². The molecule has 280 valence electrons. The maximum atomic E-state index is 11.3. The number of aryl methyl sites for hydroxylation is 1. The van der Waals surface area contributed by atoms with Gasteiger partial charge in [0.15, 0.2) is 0 Å². The Morgan fingerprint density at radius 1 is 0.407 bits per heavy atom. The van der Waals surface area contributed by atoms with Crippen molar-refractivity contribution in [3.8, 4) is 89.7 Å². The molecule has 10 aromatic rings. The minimum absolute atomic E-state index is 0.176. The van der Waals surface area contributed by atoms with Gasteiger partial charge in [0.1, 0.15) is 11.6 Å². The van der Waals surface area contributed by atoms with Crippen molar-refractivity contribution in [2.24, 2.45) is 0 Å². The van der Waals surface area contributed by atoms with Crippen molar-refractivity contribution in [2.75, 3.05) is 0 Å². The zero-order valence-electron chi connectivity index (χ0n) is 32.5. The summed E-state index contributed by atoms with van der Waals surface area (Å²) in [4.78, 5) is 10.3. The van der Waals surface area contributed by atoms with Crippen LogP contribution >= 0.6 is 0 Å². The van der Waals surface area contributed by atoms with Gasteiger partial charge in [-0.15, -0.1) is 0 Å². The van der Waals surface area contributed by atoms with Gasteiger partial charge in [-0.25, -0.2) is 4.98 Å². The van der Waals surface area contributed by atoms with Crippen LogP contribution in [0.25, 0.3) is 95.0 Å². The quantitative estimate of drug-likeness (QED) is 0.168. The fourth-order valence-electron chi connectivity index (χ4n) is 8.11. The van der Waals surface area contributed by atoms with E-state index in [1.807, 2.05) is 42.6 Å². The number of aromatic nitrogens is 3. The fourth-order valence-corrected chi connectivity index (χ4v) is 8.11. The molecule has 4 heteroatoms. The molecule has 2 heterocycles. The van der Waals surface area contributed by atoms with Gasteiger partial charge in [-0.2, -0.15) is 0 Å². The summed E-state index contributed by atoms with van der Waals surface area (Å²) in [7, 11) is 0. The number of para-hydroxylation sites is 2. The summed E-state index contributed by atoms with van der Waals surface area (Å²) in [5.74, 6) is 0.845. The van der Waals surface area contributed by atoms with E-state index in [9.17, 15) is 5.11 Å². The van der Waals surface area contributed by atoms with Crippen LogP contribution in [0.2, 0.25) is 0 Å². The molecule has 0 radical (unpaired) electrons. The van der Waals surface area contributed by atoms with Crippen molar-refractivity contribution in [1.29, 1.82) is 0 Å². The summed E-state index contributed by atoms with van der Waals surface area (Å²) in [6.07, 6.45) is 1.90. The van der Waals surface area contributed by atoms with Gasteiger partial charge >= 0.3 is 0 Å². The molecule has 2 aromatic heterocycles. The molecule has 10 rings (SSSR count). The van der Waals surface area contributed by atoms with Crippen LogP contribution in [0.3, 0.4) is 0 Å². The van der Waals surface area contributed by atoms with Gasteiger partial charge in [0, 0.05) is 23.0 Å². The molecule has 0 fully saturated rings. The van der Waals surface area contributed by atoms with Gasteiger partial charge in [0.25, 0.3) is 0 Å². The number of aromatic hydroxyl groups is 1. The highest BCUT2D eigenvalue weighted by Gasteiger charge is 2.21. The molecule has 1 N–H and O–H groups in total. The lowest BCUT2D eigenvalue weighted by Gasteiger charge is -2.14. The number of benzene rings is 8. The number of imidazole rings is 1. The van der Waals surface area contributed by atoms with Crippen LogP contribution in [-0.4, -0.2) is 19.6 Å². The van der Waals surface area contributed by atoms with Crippen molar-refractivity contribution < 1.29 is 5.11 Å². The molecule has 0 bridgehead atoms. The first-order chi connectivity index (χ1) is 29.1. The summed E-state index contributed by atoms with van der Waals surface area (Å²) >= 11 is 0. The lowest BCUT2D eigenvalue weighted by molar-refractivity contribution is 0.477. The van der Waals surface area contributed by atoms with Crippen molar-refractivity contribution >= 4 is 11.0 Å². The number of nitrogens with zero attached hydrogens (tertiary/aromatic N) is 3. The highest BCUT2D eigenvalue weighted by molar-refractivity contribution is 5.98. The van der Waals surface area contributed by atoms with Crippen molar-refractivity contribution in [3.05, 3.63) is 218 Å². The molecule has 0 amide bonds. The summed E-state index contributed by atoms with van der Waals surface area (Å²) in [6, 6.07) is 71.5. The highest BCUT2D eigenvalue weighted by atomic mass is 16.3. The van der Waals surface area contributed by atoms with E-state index in [-0.39, 0.29) is 5.75 Å². The summed E-state index contributed by atoms with van der Waals surface area (Å²) < 4.78 is 2.18. The van der Waals surface area contributed by atoms with Crippen LogP contribution in [-0.2, 0) is 0 Å². The molecule has 0 saturated carbocycles. The van der Waals surface area contributed by atoms with E-state index < -0.39 is 0 Å². The average molecular weight is 758 g/mol. The Balaban J connectivity index is 1.15. The number of phenols is 1. The topological polar surface area (TPSA) is 50.9 Å². The normalized spacial score (nSPS) is 11.2. The standard InChI is InChI=1S/C55H39N3O/c1-37-30-44(39-16-7-3-8-17-39)35-48(31-37)58-52-22-13-21-49(54(52)57-55(58)50-20-11-12-23-53(50)59)46-32-45(40-18-9-4-10-19-40)33-47(34-46)51-36-43(28-29-56-51)42-26-24-41(25-27-42)38-14-5-2-6-15-38/h2-36,59H,1H3. The average Bonchev–Trinajstić information content (AvgIpc) is 3.69. The number of hydrogen-bond acceptors (Lipinski definition) is 3. The number of pyridine rings is 1. The second-order valence-corrected chi connectivity index (χ2v) is 14.9. The number of fused-ring (bicyclic) bond motifs is 1. The zero-order valence-corrected chi connectivity index (χ0v) is 32.5. The summed E-state index contributed by atoms with van der Waals surface area (Å²) in [5.41, 5.74) is 17.5. The molecule has 8 aromatic carbocycles. The van der Waals surface area contributed by atoms with E-state index in [1.54, 1.807) is 6.07 Å². The predicted molar refractivity (Wildman–Crippen MR) is 243 cm³/mol. The van der Waals surface area contributed by atoms with Crippen molar-refractivity contribution in [1.82, 2.24) is 14.5 Å². The molecule has 0 aliphatic rings. The molecule has 0 unspecified atom stereocenters. The first-order valence-corrected chi connectivity index (χ1v) is 19.9. The number of rotatable bonds is 8. The third kappa shape index (κ3) is 6.98. The Bertz CT molecular complexity index is 3100. The maximum absolute atomic E-state index is 11.3. The largest absolute Gasteiger partial charge is 0.507 e. The summed E-state index contributed by atoms with van der Waals surface area (Å²) in [5, 5.41) is 11.3. The lowest BCUT2D eigenvalue weighted by Crippen LogP contribution is -1.99. The minimum Gasteiger partial charge on any atom is -0.507 e. The Labute approximate surface area is 344 Å². The zero-order chi connectivity index (χ0) is 39.7. The monoisotopic (exact) mass is 757 g/mol. The number of phenolic OH excluding ortho intramolecular Hbond substituents is 1. The van der Waals surface area contributed by atoms with Gasteiger partial charge < -0.3 is 5.11 Å². The smallest absolute Gasteiger partial charge is 0.149 e. The van der Waals surface area contributed by atoms with E-state index in [0.717, 1.165) is 78.0 Å². The van der Waals surface area contributed by atoms with Gasteiger partial charge in [-0.3, -0.25) is 9.55 Å².